The van der Waals surface area contributed by atoms with Gasteiger partial charge in [0.2, 0.25) is 11.8 Å². The molecule has 2 amide bonds. The largest absolute Gasteiger partial charge is 0.497 e. The molecule has 2 aromatic carbocycles. The molecule has 10 nitrogen and oxygen atoms in total. The maximum Gasteiger partial charge on any atom is 0.247 e. The fourth-order valence-electron chi connectivity index (χ4n) is 5.82. The third kappa shape index (κ3) is 8.20. The quantitative estimate of drug-likeness (QED) is 0.233. The Hall–Kier alpha value is -2.87. The minimum Gasteiger partial charge on any atom is -0.497 e. The van der Waals surface area contributed by atoms with Crippen LogP contribution in [0.4, 0.5) is 0 Å². The van der Waals surface area contributed by atoms with Gasteiger partial charge in [0.15, 0.2) is 11.5 Å². The molecule has 0 radical (unpaired) electrons. The summed E-state index contributed by atoms with van der Waals surface area (Å²) in [6.45, 7) is 0.0180. The number of methoxy groups -OCH3 is 2. The summed E-state index contributed by atoms with van der Waals surface area (Å²) in [4.78, 5) is 28.9. The number of carbonyl (C=O) groups excluding carboxylic acids is 2. The first-order valence-electron chi connectivity index (χ1n) is 14.6. The van der Waals surface area contributed by atoms with Crippen LogP contribution in [0, 0.1) is 9.49 Å². The van der Waals surface area contributed by atoms with Gasteiger partial charge in [0.05, 0.1) is 37.0 Å². The SMILES string of the molecule is COc1cccc(CCN(C(=O)C2CCCC2)C2CC(C(=O)NCCO)=CC(Oc3c(I)cc(CO)cc3OC)C2O)c1. The molecule has 4 N–H and O–H groups in total. The lowest BCUT2D eigenvalue weighted by Crippen LogP contribution is -2.56. The molecule has 0 aromatic heterocycles. The molecule has 234 valence electrons. The molecule has 2 aromatic rings. The van der Waals surface area contributed by atoms with E-state index in [4.69, 9.17) is 14.2 Å². The van der Waals surface area contributed by atoms with Crippen LogP contribution < -0.4 is 19.5 Å². The lowest BCUT2D eigenvalue weighted by atomic mass is 9.87. The van der Waals surface area contributed by atoms with E-state index in [1.807, 2.05) is 24.3 Å². The normalized spacial score (nSPS) is 20.3. The molecular weight excluding hydrogens is 667 g/mol. The highest BCUT2D eigenvalue weighted by Gasteiger charge is 2.42. The van der Waals surface area contributed by atoms with E-state index in [-0.39, 0.29) is 38.0 Å². The van der Waals surface area contributed by atoms with Crippen LogP contribution in [0.5, 0.6) is 17.2 Å². The first kappa shape index (κ1) is 33.0. The minimum atomic E-state index is -1.15. The van der Waals surface area contributed by atoms with E-state index in [0.717, 1.165) is 37.0 Å². The molecule has 2 aliphatic carbocycles. The number of nitrogens with one attached hydrogen (secondary N) is 1. The first-order valence-corrected chi connectivity index (χ1v) is 15.7. The van der Waals surface area contributed by atoms with Gasteiger partial charge in [0.1, 0.15) is 18.0 Å². The molecular formula is C32H41IN2O8. The number of hydrogen-bond donors (Lipinski definition) is 4. The van der Waals surface area contributed by atoms with Gasteiger partial charge in [-0.05, 0) is 83.3 Å². The van der Waals surface area contributed by atoms with Crippen molar-refractivity contribution in [2.45, 2.75) is 63.4 Å². The summed E-state index contributed by atoms with van der Waals surface area (Å²) >= 11 is 2.08. The highest BCUT2D eigenvalue weighted by Crippen LogP contribution is 2.38. The average Bonchev–Trinajstić information content (AvgIpc) is 3.57. The average molecular weight is 709 g/mol. The summed E-state index contributed by atoms with van der Waals surface area (Å²) in [5, 5.41) is 33.5. The van der Waals surface area contributed by atoms with Crippen molar-refractivity contribution in [3.63, 3.8) is 0 Å². The van der Waals surface area contributed by atoms with Crippen molar-refractivity contribution in [3.8, 4) is 17.2 Å². The van der Waals surface area contributed by atoms with Crippen molar-refractivity contribution in [3.05, 3.63) is 62.7 Å². The standard InChI is InChI=1S/C32H41IN2O8/c1-41-24-9-5-6-20(14-24)10-12-35(32(40)22-7-3-4-8-22)26-17-23(31(39)34-11-13-36)18-27(29(26)38)43-30-25(33)15-21(19-37)16-28(30)42-2/h5-6,9,14-16,18,22,26-27,29,36-38H,3-4,7-8,10-13,17,19H2,1-2H3,(H,34,39). The van der Waals surface area contributed by atoms with Crippen LogP contribution in [0.25, 0.3) is 0 Å². The van der Waals surface area contributed by atoms with E-state index in [1.54, 1.807) is 30.2 Å². The molecule has 3 unspecified atom stereocenters. The topological polar surface area (TPSA) is 138 Å². The van der Waals surface area contributed by atoms with Crippen molar-refractivity contribution < 1.29 is 39.1 Å². The molecule has 1 saturated carbocycles. The lowest BCUT2D eigenvalue weighted by molar-refractivity contribution is -0.142. The maximum atomic E-state index is 14.0. The number of ether oxygens (including phenoxy) is 3. The predicted octanol–water partition coefficient (Wildman–Crippen LogP) is 2.98. The molecule has 0 saturated heterocycles. The third-order valence-corrected chi connectivity index (χ3v) is 8.90. The van der Waals surface area contributed by atoms with Crippen molar-refractivity contribution in [2.24, 2.45) is 5.92 Å². The van der Waals surface area contributed by atoms with Crippen molar-refractivity contribution in [1.29, 1.82) is 0 Å². The number of rotatable bonds is 13. The number of hydrogen-bond acceptors (Lipinski definition) is 8. The van der Waals surface area contributed by atoms with Crippen LogP contribution in [0.15, 0.2) is 48.0 Å². The van der Waals surface area contributed by atoms with Crippen LogP contribution in [0.2, 0.25) is 0 Å². The molecule has 43 heavy (non-hydrogen) atoms. The van der Waals surface area contributed by atoms with Crippen LogP contribution in [0.3, 0.4) is 0 Å². The van der Waals surface area contributed by atoms with Gasteiger partial charge in [-0.3, -0.25) is 9.59 Å². The molecule has 0 spiro atoms. The van der Waals surface area contributed by atoms with Gasteiger partial charge in [-0.1, -0.05) is 25.0 Å². The number of benzene rings is 2. The van der Waals surface area contributed by atoms with Crippen molar-refractivity contribution in [1.82, 2.24) is 10.2 Å². The summed E-state index contributed by atoms with van der Waals surface area (Å²) in [6.07, 6.45) is 3.68. The Morgan fingerprint density at radius 2 is 1.84 bits per heavy atom. The Bertz CT molecular complexity index is 1300. The number of halogens is 1. The monoisotopic (exact) mass is 708 g/mol. The summed E-state index contributed by atoms with van der Waals surface area (Å²) in [5.41, 5.74) is 1.99. The first-order chi connectivity index (χ1) is 20.8. The zero-order valence-electron chi connectivity index (χ0n) is 24.6. The number of amides is 2. The van der Waals surface area contributed by atoms with E-state index in [2.05, 4.69) is 27.9 Å². The minimum absolute atomic E-state index is 0.0281. The maximum absolute atomic E-state index is 14.0. The Morgan fingerprint density at radius 3 is 2.51 bits per heavy atom. The zero-order chi connectivity index (χ0) is 30.9. The van der Waals surface area contributed by atoms with Gasteiger partial charge in [-0.25, -0.2) is 0 Å². The Morgan fingerprint density at radius 1 is 1.07 bits per heavy atom. The fraction of sp³-hybridized carbons (Fsp3) is 0.500. The highest BCUT2D eigenvalue weighted by atomic mass is 127. The number of nitrogens with zero attached hydrogens (tertiary/aromatic N) is 1. The van der Waals surface area contributed by atoms with Crippen LogP contribution in [-0.4, -0.2) is 84.2 Å². The van der Waals surface area contributed by atoms with Gasteiger partial charge in [-0.2, -0.15) is 0 Å². The van der Waals surface area contributed by atoms with E-state index >= 15 is 0 Å². The van der Waals surface area contributed by atoms with Gasteiger partial charge in [0.25, 0.3) is 0 Å². The number of aliphatic hydroxyl groups is 3. The van der Waals surface area contributed by atoms with E-state index in [9.17, 15) is 24.9 Å². The number of carbonyl (C=O) groups is 2. The summed E-state index contributed by atoms with van der Waals surface area (Å²) < 4.78 is 17.9. The van der Waals surface area contributed by atoms with Crippen molar-refractivity contribution in [2.75, 3.05) is 33.9 Å². The molecule has 0 heterocycles. The second-order valence-electron chi connectivity index (χ2n) is 10.9. The van der Waals surface area contributed by atoms with E-state index in [0.29, 0.717) is 39.2 Å². The Balaban J connectivity index is 1.69. The third-order valence-electron chi connectivity index (χ3n) is 8.10. The Kier molecular flexibility index (Phi) is 12.1. The second kappa shape index (κ2) is 15.7. The van der Waals surface area contributed by atoms with Gasteiger partial charge in [-0.15, -0.1) is 0 Å². The van der Waals surface area contributed by atoms with Gasteiger partial charge in [0, 0.05) is 31.0 Å². The molecule has 4 rings (SSSR count). The molecule has 3 atom stereocenters. The zero-order valence-corrected chi connectivity index (χ0v) is 26.8. The molecule has 2 aliphatic rings. The second-order valence-corrected chi connectivity index (χ2v) is 12.1. The molecule has 0 bridgehead atoms. The van der Waals surface area contributed by atoms with E-state index in [1.165, 1.54) is 7.11 Å². The van der Waals surface area contributed by atoms with Gasteiger partial charge < -0.3 is 39.7 Å². The highest BCUT2D eigenvalue weighted by molar-refractivity contribution is 14.1. The Labute approximate surface area is 266 Å². The van der Waals surface area contributed by atoms with E-state index < -0.39 is 24.2 Å². The van der Waals surface area contributed by atoms with Crippen LogP contribution in [-0.2, 0) is 22.6 Å². The summed E-state index contributed by atoms with van der Waals surface area (Å²) in [5.74, 6) is 0.904. The number of aliphatic hydroxyl groups excluding tert-OH is 3. The van der Waals surface area contributed by atoms with Crippen molar-refractivity contribution >= 4 is 34.4 Å². The van der Waals surface area contributed by atoms with Crippen LogP contribution in [0.1, 0.15) is 43.2 Å². The summed E-state index contributed by atoms with van der Waals surface area (Å²) in [7, 11) is 3.10. The molecule has 11 heteroatoms. The van der Waals surface area contributed by atoms with Gasteiger partial charge >= 0.3 is 0 Å². The molecule has 0 aliphatic heterocycles. The fourth-order valence-corrected chi connectivity index (χ4v) is 6.61. The van der Waals surface area contributed by atoms with Crippen LogP contribution >= 0.6 is 22.6 Å². The smallest absolute Gasteiger partial charge is 0.247 e. The predicted molar refractivity (Wildman–Crippen MR) is 169 cm³/mol. The molecule has 1 fully saturated rings. The lowest BCUT2D eigenvalue weighted by Gasteiger charge is -2.41. The summed E-state index contributed by atoms with van der Waals surface area (Å²) in [6, 6.07) is 10.4.